The summed E-state index contributed by atoms with van der Waals surface area (Å²) in [6.45, 7) is 0. The van der Waals surface area contributed by atoms with Gasteiger partial charge in [0.1, 0.15) is 0 Å². The van der Waals surface area contributed by atoms with E-state index in [2.05, 4.69) is 0 Å². The third-order valence-electron chi connectivity index (χ3n) is 3.63. The number of methoxy groups -OCH3 is 1. The van der Waals surface area contributed by atoms with E-state index in [1.165, 1.54) is 6.07 Å². The van der Waals surface area contributed by atoms with Crippen LogP contribution >= 0.6 is 0 Å². The number of halogens is 2. The van der Waals surface area contributed by atoms with E-state index in [0.29, 0.717) is 24.8 Å². The number of benzene rings is 1. The van der Waals surface area contributed by atoms with Gasteiger partial charge in [-0.3, -0.25) is 0 Å². The Kier molecular flexibility index (Phi) is 3.97. The van der Waals surface area contributed by atoms with E-state index in [1.54, 1.807) is 7.11 Å². The zero-order valence-electron chi connectivity index (χ0n) is 10.5. The van der Waals surface area contributed by atoms with Crippen LogP contribution in [0.3, 0.4) is 0 Å². The molecule has 1 aliphatic rings. The van der Waals surface area contributed by atoms with E-state index < -0.39 is 17.2 Å². The van der Waals surface area contributed by atoms with Crippen molar-refractivity contribution < 1.29 is 18.6 Å². The zero-order chi connectivity index (χ0) is 13.2. The maximum Gasteiger partial charge on any atom is 0.159 e. The molecule has 2 rings (SSSR count). The van der Waals surface area contributed by atoms with Crippen molar-refractivity contribution in [2.45, 2.75) is 43.8 Å². The molecule has 1 aliphatic carbocycles. The number of aliphatic hydroxyl groups is 1. The van der Waals surface area contributed by atoms with Crippen LogP contribution in [0.1, 0.15) is 31.2 Å². The quantitative estimate of drug-likeness (QED) is 0.901. The second-order valence-corrected chi connectivity index (χ2v) is 5.10. The molecule has 2 nitrogen and oxygen atoms in total. The van der Waals surface area contributed by atoms with Crippen LogP contribution in [0.4, 0.5) is 8.78 Å². The van der Waals surface area contributed by atoms with E-state index in [0.717, 1.165) is 25.0 Å². The molecular weight excluding hydrogens is 238 g/mol. The fraction of sp³-hybridized carbons (Fsp3) is 0.571. The standard InChI is InChI=1S/C14H18F2O2/c1-18-11-3-2-6-14(17,9-11)8-10-4-5-12(15)13(16)7-10/h4-5,7,11,17H,2-3,6,8-9H2,1H3. The van der Waals surface area contributed by atoms with E-state index in [4.69, 9.17) is 4.74 Å². The highest BCUT2D eigenvalue weighted by atomic mass is 19.2. The van der Waals surface area contributed by atoms with Crippen molar-refractivity contribution >= 4 is 0 Å². The Labute approximate surface area is 106 Å². The van der Waals surface area contributed by atoms with Crippen molar-refractivity contribution in [2.24, 2.45) is 0 Å². The Bertz CT molecular complexity index is 422. The molecule has 0 heterocycles. The molecule has 1 saturated carbocycles. The third kappa shape index (κ3) is 3.06. The molecule has 18 heavy (non-hydrogen) atoms. The normalized spacial score (nSPS) is 28.3. The Morgan fingerprint density at radius 1 is 1.39 bits per heavy atom. The summed E-state index contributed by atoms with van der Waals surface area (Å²) in [5.74, 6) is -1.72. The lowest BCUT2D eigenvalue weighted by Crippen LogP contribution is -2.40. The lowest BCUT2D eigenvalue weighted by atomic mass is 9.79. The van der Waals surface area contributed by atoms with Crippen LogP contribution in [0.2, 0.25) is 0 Å². The van der Waals surface area contributed by atoms with Gasteiger partial charge in [0, 0.05) is 20.0 Å². The second-order valence-electron chi connectivity index (χ2n) is 5.10. The molecule has 0 radical (unpaired) electrons. The van der Waals surface area contributed by atoms with E-state index in [9.17, 15) is 13.9 Å². The summed E-state index contributed by atoms with van der Waals surface area (Å²) >= 11 is 0. The van der Waals surface area contributed by atoms with Crippen molar-refractivity contribution in [3.63, 3.8) is 0 Å². The van der Waals surface area contributed by atoms with E-state index >= 15 is 0 Å². The predicted molar refractivity (Wildman–Crippen MR) is 64.3 cm³/mol. The molecule has 1 aromatic rings. The van der Waals surface area contributed by atoms with Crippen molar-refractivity contribution in [3.8, 4) is 0 Å². The first-order chi connectivity index (χ1) is 8.52. The summed E-state index contributed by atoms with van der Waals surface area (Å²) in [6.07, 6.45) is 3.43. The molecule has 0 saturated heterocycles. The fourth-order valence-corrected chi connectivity index (χ4v) is 2.68. The second kappa shape index (κ2) is 5.33. The van der Waals surface area contributed by atoms with Crippen molar-refractivity contribution in [2.75, 3.05) is 7.11 Å². The molecule has 0 aromatic heterocycles. The molecule has 1 aromatic carbocycles. The number of ether oxygens (including phenoxy) is 1. The summed E-state index contributed by atoms with van der Waals surface area (Å²) < 4.78 is 31.2. The molecule has 2 atom stereocenters. The van der Waals surface area contributed by atoms with Crippen molar-refractivity contribution in [3.05, 3.63) is 35.4 Å². The maximum atomic E-state index is 13.1. The van der Waals surface area contributed by atoms with Gasteiger partial charge in [0.15, 0.2) is 11.6 Å². The van der Waals surface area contributed by atoms with Gasteiger partial charge in [-0.25, -0.2) is 8.78 Å². The van der Waals surface area contributed by atoms with E-state index in [1.807, 2.05) is 0 Å². The highest BCUT2D eigenvalue weighted by molar-refractivity contribution is 5.20. The summed E-state index contributed by atoms with van der Waals surface area (Å²) in [5.41, 5.74) is -0.253. The first kappa shape index (κ1) is 13.4. The van der Waals surface area contributed by atoms with Gasteiger partial charge >= 0.3 is 0 Å². The van der Waals surface area contributed by atoms with Crippen LogP contribution in [0.5, 0.6) is 0 Å². The SMILES string of the molecule is COC1CCCC(O)(Cc2ccc(F)c(F)c2)C1. The molecular formula is C14H18F2O2. The zero-order valence-corrected chi connectivity index (χ0v) is 10.5. The van der Waals surface area contributed by atoms with Gasteiger partial charge in [-0.1, -0.05) is 6.07 Å². The smallest absolute Gasteiger partial charge is 0.159 e. The molecule has 100 valence electrons. The van der Waals surface area contributed by atoms with E-state index in [-0.39, 0.29) is 6.10 Å². The van der Waals surface area contributed by atoms with Gasteiger partial charge in [-0.2, -0.15) is 0 Å². The lowest BCUT2D eigenvalue weighted by Gasteiger charge is -2.36. The van der Waals surface area contributed by atoms with Gasteiger partial charge in [0.05, 0.1) is 11.7 Å². The Morgan fingerprint density at radius 3 is 2.83 bits per heavy atom. The summed E-state index contributed by atoms with van der Waals surface area (Å²) in [6, 6.07) is 3.78. The summed E-state index contributed by atoms with van der Waals surface area (Å²) in [4.78, 5) is 0. The molecule has 2 unspecified atom stereocenters. The lowest BCUT2D eigenvalue weighted by molar-refractivity contribution is -0.0581. The summed E-state index contributed by atoms with van der Waals surface area (Å²) in [5, 5.41) is 10.5. The van der Waals surface area contributed by atoms with Gasteiger partial charge in [-0.15, -0.1) is 0 Å². The van der Waals surface area contributed by atoms with Crippen LogP contribution in [0, 0.1) is 11.6 Å². The van der Waals surface area contributed by atoms with Gasteiger partial charge < -0.3 is 9.84 Å². The molecule has 0 amide bonds. The van der Waals surface area contributed by atoms with Crippen molar-refractivity contribution in [1.29, 1.82) is 0 Å². The van der Waals surface area contributed by atoms with Gasteiger partial charge in [0.25, 0.3) is 0 Å². The minimum atomic E-state index is -0.872. The minimum Gasteiger partial charge on any atom is -0.389 e. The average Bonchev–Trinajstić information content (AvgIpc) is 2.33. The largest absolute Gasteiger partial charge is 0.389 e. The Balaban J connectivity index is 2.09. The fourth-order valence-electron chi connectivity index (χ4n) is 2.68. The Morgan fingerprint density at radius 2 is 2.17 bits per heavy atom. The molecule has 0 bridgehead atoms. The third-order valence-corrected chi connectivity index (χ3v) is 3.63. The highest BCUT2D eigenvalue weighted by Crippen LogP contribution is 2.32. The van der Waals surface area contributed by atoms with Gasteiger partial charge in [0.2, 0.25) is 0 Å². The summed E-state index contributed by atoms with van der Waals surface area (Å²) in [7, 11) is 1.63. The Hall–Kier alpha value is -1.00. The van der Waals surface area contributed by atoms with Crippen LogP contribution < -0.4 is 0 Å². The first-order valence-corrected chi connectivity index (χ1v) is 6.21. The van der Waals surface area contributed by atoms with Crippen LogP contribution in [-0.4, -0.2) is 23.9 Å². The molecule has 1 fully saturated rings. The minimum absolute atomic E-state index is 0.0500. The van der Waals surface area contributed by atoms with Crippen LogP contribution in [0.25, 0.3) is 0 Å². The maximum absolute atomic E-state index is 13.1. The molecule has 0 spiro atoms. The first-order valence-electron chi connectivity index (χ1n) is 6.21. The highest BCUT2D eigenvalue weighted by Gasteiger charge is 2.34. The molecule has 0 aliphatic heterocycles. The number of hydrogen-bond acceptors (Lipinski definition) is 2. The predicted octanol–water partition coefficient (Wildman–Crippen LogP) is 2.83. The molecule has 1 N–H and O–H groups in total. The average molecular weight is 256 g/mol. The number of rotatable bonds is 3. The van der Waals surface area contributed by atoms with Gasteiger partial charge in [-0.05, 0) is 37.0 Å². The monoisotopic (exact) mass is 256 g/mol. The topological polar surface area (TPSA) is 29.5 Å². The van der Waals surface area contributed by atoms with Crippen LogP contribution in [0.15, 0.2) is 18.2 Å². The number of hydrogen-bond donors (Lipinski definition) is 1. The van der Waals surface area contributed by atoms with Crippen molar-refractivity contribution in [1.82, 2.24) is 0 Å². The molecule has 4 heteroatoms. The van der Waals surface area contributed by atoms with Crippen LogP contribution in [-0.2, 0) is 11.2 Å².